The van der Waals surface area contributed by atoms with Gasteiger partial charge in [0.2, 0.25) is 0 Å². The molecular weight excluding hydrogens is 424 g/mol. The first-order chi connectivity index (χ1) is 16.7. The molecule has 0 aliphatic carbocycles. The molecule has 0 rings (SSSR count). The highest BCUT2D eigenvalue weighted by molar-refractivity contribution is 5.66. The number of nitrogens with one attached hydrogen (secondary N) is 2. The van der Waals surface area contributed by atoms with Gasteiger partial charge in [0.15, 0.2) is 0 Å². The lowest BCUT2D eigenvalue weighted by atomic mass is 10.0. The van der Waals surface area contributed by atoms with Gasteiger partial charge in [0.1, 0.15) is 6.10 Å². The van der Waals surface area contributed by atoms with Crippen LogP contribution in [0.5, 0.6) is 0 Å². The molecule has 0 aliphatic heterocycles. The van der Waals surface area contributed by atoms with Crippen molar-refractivity contribution < 1.29 is 14.4 Å². The Balaban J connectivity index is 4.36. The van der Waals surface area contributed by atoms with Gasteiger partial charge in [-0.05, 0) is 38.5 Å². The summed E-state index contributed by atoms with van der Waals surface area (Å²) >= 11 is 0. The molecule has 0 aromatic carbocycles. The fourth-order valence-corrected chi connectivity index (χ4v) is 4.41. The van der Waals surface area contributed by atoms with Crippen molar-refractivity contribution in [3.8, 4) is 0 Å². The molecule has 0 aromatic heterocycles. The van der Waals surface area contributed by atoms with Gasteiger partial charge in [-0.3, -0.25) is 4.84 Å². The zero-order valence-electron chi connectivity index (χ0n) is 23.4. The average molecular weight is 485 g/mol. The number of hydrazine groups is 1. The van der Waals surface area contributed by atoms with Crippen LogP contribution in [0.3, 0.4) is 0 Å². The molecule has 5 heteroatoms. The van der Waals surface area contributed by atoms with E-state index in [0.717, 1.165) is 38.5 Å². The number of hydrogen-bond acceptors (Lipinski definition) is 4. The number of carbonyl (C=O) groups is 1. The number of ether oxygens (including phenoxy) is 1. The standard InChI is InChI=1S/C29H60N2O3/c1-5-9-13-17-21-24-27(23-19-15-11-7-3)33-29(32)30-31-34-28(25-20-16-12-8-4)26-22-18-14-10-6-2/h27-28,31H,5-26H2,1-4H3,(H,30,32). The highest BCUT2D eigenvalue weighted by Crippen LogP contribution is 2.17. The molecule has 34 heavy (non-hydrogen) atoms. The van der Waals surface area contributed by atoms with Gasteiger partial charge in [-0.2, -0.15) is 0 Å². The molecule has 0 heterocycles. The van der Waals surface area contributed by atoms with Gasteiger partial charge >= 0.3 is 6.09 Å². The molecule has 0 fully saturated rings. The molecule has 0 saturated carbocycles. The summed E-state index contributed by atoms with van der Waals surface area (Å²) in [6.07, 6.45) is 26.0. The van der Waals surface area contributed by atoms with E-state index >= 15 is 0 Å². The van der Waals surface area contributed by atoms with E-state index in [-0.39, 0.29) is 12.2 Å². The molecule has 2 atom stereocenters. The topological polar surface area (TPSA) is 59.6 Å². The first-order valence-electron chi connectivity index (χ1n) is 15.0. The van der Waals surface area contributed by atoms with Crippen LogP contribution in [-0.4, -0.2) is 18.3 Å². The van der Waals surface area contributed by atoms with Crippen molar-refractivity contribution in [3.63, 3.8) is 0 Å². The second-order valence-corrected chi connectivity index (χ2v) is 10.1. The van der Waals surface area contributed by atoms with Crippen LogP contribution >= 0.6 is 0 Å². The second kappa shape index (κ2) is 26.8. The lowest BCUT2D eigenvalue weighted by molar-refractivity contribution is -0.0579. The van der Waals surface area contributed by atoms with E-state index in [2.05, 4.69) is 38.7 Å². The third-order valence-corrected chi connectivity index (χ3v) is 6.67. The van der Waals surface area contributed by atoms with E-state index in [1.54, 1.807) is 0 Å². The molecule has 5 nitrogen and oxygen atoms in total. The molecule has 0 aliphatic rings. The maximum atomic E-state index is 12.4. The van der Waals surface area contributed by atoms with Crippen molar-refractivity contribution >= 4 is 6.09 Å². The highest BCUT2D eigenvalue weighted by atomic mass is 16.7. The van der Waals surface area contributed by atoms with Crippen LogP contribution in [0.2, 0.25) is 0 Å². The summed E-state index contributed by atoms with van der Waals surface area (Å²) in [5, 5.41) is 0. The summed E-state index contributed by atoms with van der Waals surface area (Å²) in [7, 11) is 0. The number of unbranched alkanes of at least 4 members (excludes halogenated alkanes) is 14. The molecule has 0 bridgehead atoms. The van der Waals surface area contributed by atoms with E-state index in [1.165, 1.54) is 103 Å². The minimum absolute atomic E-state index is 0.00342. The SMILES string of the molecule is CCCCCCCC(CCCCCC)ONNC(=O)OC(CCCCCC)CCCCCCC. The van der Waals surface area contributed by atoms with Crippen molar-refractivity contribution in [3.05, 3.63) is 0 Å². The van der Waals surface area contributed by atoms with Crippen LogP contribution < -0.4 is 11.0 Å². The maximum absolute atomic E-state index is 12.4. The van der Waals surface area contributed by atoms with Crippen LogP contribution in [0.1, 0.15) is 169 Å². The maximum Gasteiger partial charge on any atom is 0.423 e. The van der Waals surface area contributed by atoms with Crippen molar-refractivity contribution in [2.45, 2.75) is 181 Å². The van der Waals surface area contributed by atoms with E-state index < -0.39 is 6.09 Å². The Morgan fingerprint density at radius 1 is 0.529 bits per heavy atom. The fourth-order valence-electron chi connectivity index (χ4n) is 4.41. The van der Waals surface area contributed by atoms with E-state index in [9.17, 15) is 4.79 Å². The highest BCUT2D eigenvalue weighted by Gasteiger charge is 2.15. The Kier molecular flexibility index (Phi) is 26.2. The van der Waals surface area contributed by atoms with Crippen LogP contribution in [0.25, 0.3) is 0 Å². The number of carbonyl (C=O) groups excluding carboxylic acids is 1. The van der Waals surface area contributed by atoms with Crippen LogP contribution in [0.15, 0.2) is 0 Å². The molecule has 0 saturated heterocycles. The summed E-state index contributed by atoms with van der Waals surface area (Å²) in [4.78, 5) is 18.3. The predicted molar refractivity (Wildman–Crippen MR) is 146 cm³/mol. The van der Waals surface area contributed by atoms with Gasteiger partial charge in [-0.25, -0.2) is 10.2 Å². The van der Waals surface area contributed by atoms with Gasteiger partial charge in [0.05, 0.1) is 6.10 Å². The Morgan fingerprint density at radius 2 is 0.882 bits per heavy atom. The third kappa shape index (κ3) is 23.0. The van der Waals surface area contributed by atoms with E-state index in [4.69, 9.17) is 9.57 Å². The average Bonchev–Trinajstić information content (AvgIpc) is 2.83. The van der Waals surface area contributed by atoms with Gasteiger partial charge in [-0.1, -0.05) is 130 Å². The van der Waals surface area contributed by atoms with Gasteiger partial charge in [0, 0.05) is 0 Å². The Morgan fingerprint density at radius 3 is 1.29 bits per heavy atom. The number of amides is 1. The summed E-state index contributed by atoms with van der Waals surface area (Å²) in [6, 6.07) is 0. The normalized spacial score (nSPS) is 13.1. The lowest BCUT2D eigenvalue weighted by Crippen LogP contribution is -2.41. The molecule has 204 valence electrons. The number of rotatable bonds is 26. The van der Waals surface area contributed by atoms with Crippen LogP contribution in [-0.2, 0) is 9.57 Å². The molecule has 2 unspecified atom stereocenters. The summed E-state index contributed by atoms with van der Waals surface area (Å²) in [6.45, 7) is 8.95. The molecule has 0 aromatic rings. The Hall–Kier alpha value is -0.810. The number of hydrogen-bond donors (Lipinski definition) is 2. The monoisotopic (exact) mass is 484 g/mol. The summed E-state index contributed by atoms with van der Waals surface area (Å²) in [5.41, 5.74) is 5.35. The minimum Gasteiger partial charge on any atom is -0.445 e. The Labute approximate surface area is 212 Å². The Bertz CT molecular complexity index is 420. The summed E-state index contributed by atoms with van der Waals surface area (Å²) < 4.78 is 5.77. The lowest BCUT2D eigenvalue weighted by Gasteiger charge is -2.21. The van der Waals surface area contributed by atoms with Crippen molar-refractivity contribution in [1.29, 1.82) is 0 Å². The molecular formula is C29H60N2O3. The van der Waals surface area contributed by atoms with Crippen molar-refractivity contribution in [2.75, 3.05) is 0 Å². The van der Waals surface area contributed by atoms with Crippen molar-refractivity contribution in [2.24, 2.45) is 0 Å². The zero-order chi connectivity index (χ0) is 25.1. The van der Waals surface area contributed by atoms with Crippen molar-refractivity contribution in [1.82, 2.24) is 11.0 Å². The van der Waals surface area contributed by atoms with E-state index in [0.29, 0.717) is 0 Å². The zero-order valence-corrected chi connectivity index (χ0v) is 23.4. The van der Waals surface area contributed by atoms with E-state index in [1.807, 2.05) is 0 Å². The quantitative estimate of drug-likeness (QED) is 0.0947. The first kappa shape index (κ1) is 33.2. The second-order valence-electron chi connectivity index (χ2n) is 10.1. The van der Waals surface area contributed by atoms with Gasteiger partial charge in [-0.15, -0.1) is 5.59 Å². The van der Waals surface area contributed by atoms with Crippen LogP contribution in [0, 0.1) is 0 Å². The molecule has 0 spiro atoms. The van der Waals surface area contributed by atoms with Gasteiger partial charge < -0.3 is 4.74 Å². The summed E-state index contributed by atoms with van der Waals surface area (Å²) in [5.74, 6) is 0. The molecule has 1 amide bonds. The fraction of sp³-hybridized carbons (Fsp3) is 0.966. The molecule has 0 radical (unpaired) electrons. The first-order valence-corrected chi connectivity index (χ1v) is 15.0. The van der Waals surface area contributed by atoms with Crippen LogP contribution in [0.4, 0.5) is 4.79 Å². The predicted octanol–water partition coefficient (Wildman–Crippen LogP) is 9.55. The molecule has 2 N–H and O–H groups in total. The third-order valence-electron chi connectivity index (χ3n) is 6.67. The largest absolute Gasteiger partial charge is 0.445 e. The van der Waals surface area contributed by atoms with Gasteiger partial charge in [0.25, 0.3) is 0 Å². The smallest absolute Gasteiger partial charge is 0.423 e. The minimum atomic E-state index is -0.415.